The molecule has 2 atom stereocenters. The van der Waals surface area contributed by atoms with Gasteiger partial charge in [0.15, 0.2) is 0 Å². The first-order chi connectivity index (χ1) is 8.40. The van der Waals surface area contributed by atoms with Crippen molar-refractivity contribution in [3.05, 3.63) is 0 Å². The number of rotatable bonds is 4. The normalized spacial score (nSPS) is 29.0. The summed E-state index contributed by atoms with van der Waals surface area (Å²) < 4.78 is 46.0. The molecule has 0 aromatic heterocycles. The van der Waals surface area contributed by atoms with Crippen LogP contribution >= 0.6 is 0 Å². The van der Waals surface area contributed by atoms with Crippen molar-refractivity contribution < 1.29 is 27.8 Å². The van der Waals surface area contributed by atoms with Crippen LogP contribution < -0.4 is 0 Å². The van der Waals surface area contributed by atoms with Crippen LogP contribution in [0.2, 0.25) is 0 Å². The number of alkyl halides is 3. The smallest absolute Gasteiger partial charge is 0.390 e. The van der Waals surface area contributed by atoms with Crippen LogP contribution in [0.3, 0.4) is 0 Å². The van der Waals surface area contributed by atoms with Crippen molar-refractivity contribution in [1.82, 2.24) is 0 Å². The zero-order valence-corrected chi connectivity index (χ0v) is 10.2. The van der Waals surface area contributed by atoms with Gasteiger partial charge in [-0.2, -0.15) is 13.2 Å². The van der Waals surface area contributed by atoms with Crippen LogP contribution in [0.1, 0.15) is 32.1 Å². The molecule has 2 aliphatic rings. The number of hydrogen-bond acceptors (Lipinski definition) is 3. The van der Waals surface area contributed by atoms with Gasteiger partial charge in [-0.3, -0.25) is 0 Å². The SMILES string of the molecule is OC(COCC(F)(F)F)C1CCOC2(CCC2)C1. The number of aliphatic hydroxyl groups is 1. The lowest BCUT2D eigenvalue weighted by atomic mass is 9.71. The summed E-state index contributed by atoms with van der Waals surface area (Å²) in [5.41, 5.74) is -0.103. The molecule has 18 heavy (non-hydrogen) atoms. The fraction of sp³-hybridized carbons (Fsp3) is 1.00. The second-order valence-corrected chi connectivity index (χ2v) is 5.34. The van der Waals surface area contributed by atoms with Crippen molar-refractivity contribution in [3.63, 3.8) is 0 Å². The molecule has 1 aliphatic heterocycles. The molecule has 2 fully saturated rings. The summed E-state index contributed by atoms with van der Waals surface area (Å²) >= 11 is 0. The summed E-state index contributed by atoms with van der Waals surface area (Å²) in [5, 5.41) is 9.87. The highest BCUT2D eigenvalue weighted by molar-refractivity contribution is 4.95. The zero-order valence-electron chi connectivity index (χ0n) is 10.2. The van der Waals surface area contributed by atoms with Gasteiger partial charge >= 0.3 is 6.18 Å². The summed E-state index contributed by atoms with van der Waals surface area (Å²) in [6, 6.07) is 0. The van der Waals surface area contributed by atoms with Crippen molar-refractivity contribution in [3.8, 4) is 0 Å². The van der Waals surface area contributed by atoms with Crippen LogP contribution in [-0.4, -0.2) is 42.8 Å². The van der Waals surface area contributed by atoms with Crippen molar-refractivity contribution in [1.29, 1.82) is 0 Å². The van der Waals surface area contributed by atoms with E-state index >= 15 is 0 Å². The van der Waals surface area contributed by atoms with Gasteiger partial charge in [-0.25, -0.2) is 0 Å². The molecule has 0 amide bonds. The molecule has 0 bridgehead atoms. The Hall–Kier alpha value is -0.330. The molecule has 2 unspecified atom stereocenters. The minimum absolute atomic E-state index is 0.00714. The van der Waals surface area contributed by atoms with Crippen molar-refractivity contribution in [2.45, 2.75) is 50.0 Å². The summed E-state index contributed by atoms with van der Waals surface area (Å²) in [7, 11) is 0. The molecule has 3 nitrogen and oxygen atoms in total. The molecule has 1 saturated heterocycles. The first-order valence-electron chi connectivity index (χ1n) is 6.37. The van der Waals surface area contributed by atoms with E-state index in [2.05, 4.69) is 4.74 Å². The van der Waals surface area contributed by atoms with Crippen LogP contribution in [0.15, 0.2) is 0 Å². The third kappa shape index (κ3) is 3.59. The lowest BCUT2D eigenvalue weighted by Crippen LogP contribution is -2.48. The van der Waals surface area contributed by atoms with Gasteiger partial charge in [-0.05, 0) is 38.0 Å². The molecule has 1 heterocycles. The van der Waals surface area contributed by atoms with E-state index in [1.54, 1.807) is 0 Å². The molecule has 6 heteroatoms. The Labute approximate surface area is 104 Å². The summed E-state index contributed by atoms with van der Waals surface area (Å²) in [5.74, 6) is -0.00714. The number of aliphatic hydroxyl groups excluding tert-OH is 1. The van der Waals surface area contributed by atoms with Gasteiger partial charge in [0, 0.05) is 6.61 Å². The van der Waals surface area contributed by atoms with Gasteiger partial charge in [0.25, 0.3) is 0 Å². The minimum Gasteiger partial charge on any atom is -0.390 e. The molecule has 0 radical (unpaired) electrons. The van der Waals surface area contributed by atoms with E-state index in [4.69, 9.17) is 4.74 Å². The fourth-order valence-electron chi connectivity index (χ4n) is 2.75. The fourth-order valence-corrected chi connectivity index (χ4v) is 2.75. The van der Waals surface area contributed by atoms with E-state index in [1.165, 1.54) is 0 Å². The second-order valence-electron chi connectivity index (χ2n) is 5.34. The van der Waals surface area contributed by atoms with Gasteiger partial charge in [0.05, 0.1) is 18.3 Å². The van der Waals surface area contributed by atoms with Gasteiger partial charge in [0.1, 0.15) is 6.61 Å². The van der Waals surface area contributed by atoms with Gasteiger partial charge < -0.3 is 14.6 Å². The summed E-state index contributed by atoms with van der Waals surface area (Å²) in [6.07, 6.45) is -0.590. The lowest BCUT2D eigenvalue weighted by molar-refractivity contribution is -0.189. The Morgan fingerprint density at radius 2 is 2.11 bits per heavy atom. The van der Waals surface area contributed by atoms with Gasteiger partial charge in [-0.15, -0.1) is 0 Å². The number of hydrogen-bond donors (Lipinski definition) is 1. The van der Waals surface area contributed by atoms with E-state index in [0.29, 0.717) is 13.0 Å². The van der Waals surface area contributed by atoms with Crippen LogP contribution in [0.4, 0.5) is 13.2 Å². The largest absolute Gasteiger partial charge is 0.411 e. The topological polar surface area (TPSA) is 38.7 Å². The summed E-state index contributed by atoms with van der Waals surface area (Å²) in [6.45, 7) is -0.959. The average Bonchev–Trinajstić information content (AvgIpc) is 2.25. The zero-order chi connectivity index (χ0) is 13.2. The highest BCUT2D eigenvalue weighted by Gasteiger charge is 2.44. The van der Waals surface area contributed by atoms with Crippen molar-refractivity contribution >= 4 is 0 Å². The molecule has 1 N–H and O–H groups in total. The summed E-state index contributed by atoms with van der Waals surface area (Å²) in [4.78, 5) is 0. The van der Waals surface area contributed by atoms with E-state index < -0.39 is 18.9 Å². The Bertz CT molecular complexity index is 276. The molecule has 0 aromatic carbocycles. The maximum atomic E-state index is 11.9. The molecule has 1 aliphatic carbocycles. The minimum atomic E-state index is -4.33. The Morgan fingerprint density at radius 1 is 1.39 bits per heavy atom. The molecule has 2 rings (SSSR count). The molecular weight excluding hydrogens is 249 g/mol. The maximum Gasteiger partial charge on any atom is 0.411 e. The van der Waals surface area contributed by atoms with E-state index in [9.17, 15) is 18.3 Å². The van der Waals surface area contributed by atoms with Crippen LogP contribution in [-0.2, 0) is 9.47 Å². The Morgan fingerprint density at radius 3 is 2.67 bits per heavy atom. The predicted octanol–water partition coefficient (Wildman–Crippen LogP) is 2.28. The first kappa shape index (κ1) is 14.1. The quantitative estimate of drug-likeness (QED) is 0.850. The molecule has 1 saturated carbocycles. The molecule has 0 aromatic rings. The molecule has 1 spiro atoms. The van der Waals surface area contributed by atoms with Crippen LogP contribution in [0.5, 0.6) is 0 Å². The van der Waals surface area contributed by atoms with E-state index in [-0.39, 0.29) is 18.1 Å². The molecule has 106 valence electrons. The van der Waals surface area contributed by atoms with Gasteiger partial charge in [-0.1, -0.05) is 0 Å². The third-order valence-electron chi connectivity index (χ3n) is 3.89. The predicted molar refractivity (Wildman–Crippen MR) is 58.1 cm³/mol. The average molecular weight is 268 g/mol. The highest BCUT2D eigenvalue weighted by Crippen LogP contribution is 2.44. The van der Waals surface area contributed by atoms with Gasteiger partial charge in [0.2, 0.25) is 0 Å². The lowest BCUT2D eigenvalue weighted by Gasteiger charge is -2.48. The number of halogens is 3. The first-order valence-corrected chi connectivity index (χ1v) is 6.37. The Balaban J connectivity index is 1.73. The number of ether oxygens (including phenoxy) is 2. The highest BCUT2D eigenvalue weighted by atomic mass is 19.4. The standard InChI is InChI=1S/C12H19F3O3/c13-12(14,15)8-17-7-10(16)9-2-5-18-11(6-9)3-1-4-11/h9-10,16H,1-8H2. The Kier molecular flexibility index (Phi) is 4.18. The monoisotopic (exact) mass is 268 g/mol. The third-order valence-corrected chi connectivity index (χ3v) is 3.89. The van der Waals surface area contributed by atoms with E-state index in [1.807, 2.05) is 0 Å². The van der Waals surface area contributed by atoms with Crippen LogP contribution in [0.25, 0.3) is 0 Å². The van der Waals surface area contributed by atoms with E-state index in [0.717, 1.165) is 25.7 Å². The maximum absolute atomic E-state index is 11.9. The molecular formula is C12H19F3O3. The second kappa shape index (κ2) is 5.35. The van der Waals surface area contributed by atoms with Crippen molar-refractivity contribution in [2.75, 3.05) is 19.8 Å². The van der Waals surface area contributed by atoms with Crippen molar-refractivity contribution in [2.24, 2.45) is 5.92 Å². The van der Waals surface area contributed by atoms with Crippen LogP contribution in [0, 0.1) is 5.92 Å².